The molecule has 0 spiro atoms. The lowest BCUT2D eigenvalue weighted by Gasteiger charge is -2.36. The maximum Gasteiger partial charge on any atom is 0.234 e. The zero-order valence-corrected chi connectivity index (χ0v) is 15.5. The molecule has 1 saturated heterocycles. The molecule has 1 saturated carbocycles. The number of piperazine rings is 1. The standard InChI is InChI=1S/C17H29N5O.ClH/c1-13-5-3-4-6-14(13)20-16(23)12-22-10-7-18-11-15(22)17-19-8-9-21(17)2;/h8-9,13-15,18H,3-7,10-12H2,1-2H3,(H,20,23);1H. The molecule has 3 rings (SSSR count). The van der Waals surface area contributed by atoms with E-state index in [0.29, 0.717) is 18.5 Å². The van der Waals surface area contributed by atoms with Crippen molar-refractivity contribution in [2.45, 2.75) is 44.7 Å². The lowest BCUT2D eigenvalue weighted by molar-refractivity contribution is -0.124. The summed E-state index contributed by atoms with van der Waals surface area (Å²) in [4.78, 5) is 19.3. The summed E-state index contributed by atoms with van der Waals surface area (Å²) in [5, 5.41) is 6.68. The Bertz CT molecular complexity index is 535. The molecule has 1 aliphatic heterocycles. The van der Waals surface area contributed by atoms with Crippen LogP contribution < -0.4 is 10.6 Å². The number of aromatic nitrogens is 2. The van der Waals surface area contributed by atoms with Crippen LogP contribution in [0.15, 0.2) is 12.4 Å². The third-order valence-electron chi connectivity index (χ3n) is 5.32. The number of aryl methyl sites for hydroxylation is 1. The Morgan fingerprint density at radius 2 is 2.21 bits per heavy atom. The molecule has 6 nitrogen and oxygen atoms in total. The Labute approximate surface area is 150 Å². The molecule has 1 aliphatic carbocycles. The van der Waals surface area contributed by atoms with E-state index in [1.807, 2.05) is 24.0 Å². The number of carbonyl (C=O) groups excluding carboxylic acids is 1. The van der Waals surface area contributed by atoms with Crippen LogP contribution in [0.1, 0.15) is 44.5 Å². The molecular formula is C17H30ClN5O. The minimum absolute atomic E-state index is 0. The van der Waals surface area contributed by atoms with E-state index in [4.69, 9.17) is 0 Å². The maximum atomic E-state index is 12.5. The molecule has 2 heterocycles. The summed E-state index contributed by atoms with van der Waals surface area (Å²) >= 11 is 0. The van der Waals surface area contributed by atoms with E-state index in [-0.39, 0.29) is 24.4 Å². The number of imidazole rings is 1. The summed E-state index contributed by atoms with van der Waals surface area (Å²) in [5.74, 6) is 1.78. The molecule has 2 aliphatic rings. The first-order valence-electron chi connectivity index (χ1n) is 8.86. The summed E-state index contributed by atoms with van der Waals surface area (Å²) in [5.41, 5.74) is 0. The minimum atomic E-state index is 0. The van der Waals surface area contributed by atoms with Crippen molar-refractivity contribution in [1.82, 2.24) is 25.1 Å². The van der Waals surface area contributed by atoms with Gasteiger partial charge in [0.1, 0.15) is 5.82 Å². The molecule has 1 aromatic heterocycles. The van der Waals surface area contributed by atoms with Gasteiger partial charge >= 0.3 is 0 Å². The van der Waals surface area contributed by atoms with Crippen LogP contribution >= 0.6 is 12.4 Å². The number of hydrogen-bond donors (Lipinski definition) is 2. The Hall–Kier alpha value is -1.11. The topological polar surface area (TPSA) is 62.2 Å². The largest absolute Gasteiger partial charge is 0.352 e. The maximum absolute atomic E-state index is 12.5. The van der Waals surface area contributed by atoms with Gasteiger partial charge in [-0.25, -0.2) is 4.98 Å². The van der Waals surface area contributed by atoms with Crippen molar-refractivity contribution < 1.29 is 4.79 Å². The molecule has 2 N–H and O–H groups in total. The van der Waals surface area contributed by atoms with Gasteiger partial charge in [0, 0.05) is 45.1 Å². The van der Waals surface area contributed by atoms with Crippen LogP contribution in [0.3, 0.4) is 0 Å². The van der Waals surface area contributed by atoms with Crippen LogP contribution in [0.2, 0.25) is 0 Å². The number of amides is 1. The highest BCUT2D eigenvalue weighted by Crippen LogP contribution is 2.24. The average Bonchev–Trinajstić information content (AvgIpc) is 2.96. The zero-order chi connectivity index (χ0) is 16.2. The summed E-state index contributed by atoms with van der Waals surface area (Å²) in [7, 11) is 2.01. The van der Waals surface area contributed by atoms with Crippen molar-refractivity contribution in [3.63, 3.8) is 0 Å². The predicted molar refractivity (Wildman–Crippen MR) is 97.2 cm³/mol. The molecule has 2 fully saturated rings. The number of rotatable bonds is 4. The first-order valence-corrected chi connectivity index (χ1v) is 8.86. The van der Waals surface area contributed by atoms with E-state index < -0.39 is 0 Å². The zero-order valence-electron chi connectivity index (χ0n) is 14.7. The van der Waals surface area contributed by atoms with Crippen LogP contribution in [0, 0.1) is 5.92 Å². The number of nitrogens with one attached hydrogen (secondary N) is 2. The lowest BCUT2D eigenvalue weighted by atomic mass is 9.86. The Morgan fingerprint density at radius 3 is 2.92 bits per heavy atom. The van der Waals surface area contributed by atoms with Gasteiger partial charge in [-0.2, -0.15) is 0 Å². The van der Waals surface area contributed by atoms with Crippen LogP contribution in [0.25, 0.3) is 0 Å². The SMILES string of the molecule is CC1CCCCC1NC(=O)CN1CCNCC1c1nccn1C.Cl. The third kappa shape index (κ3) is 4.49. The van der Waals surface area contributed by atoms with Gasteiger partial charge in [-0.1, -0.05) is 19.8 Å². The summed E-state index contributed by atoms with van der Waals surface area (Å²) < 4.78 is 2.05. The Morgan fingerprint density at radius 1 is 1.42 bits per heavy atom. The molecule has 1 aromatic rings. The number of halogens is 1. The van der Waals surface area contributed by atoms with Gasteiger partial charge in [0.15, 0.2) is 0 Å². The summed E-state index contributed by atoms with van der Waals surface area (Å²) in [6, 6.07) is 0.518. The summed E-state index contributed by atoms with van der Waals surface area (Å²) in [6.45, 7) is 5.37. The summed E-state index contributed by atoms with van der Waals surface area (Å²) in [6.07, 6.45) is 8.68. The fourth-order valence-corrected chi connectivity index (χ4v) is 3.86. The molecule has 3 atom stereocenters. The fourth-order valence-electron chi connectivity index (χ4n) is 3.86. The Kier molecular flexibility index (Phi) is 7.07. The minimum Gasteiger partial charge on any atom is -0.352 e. The molecule has 0 aromatic carbocycles. The molecule has 24 heavy (non-hydrogen) atoms. The molecular weight excluding hydrogens is 326 g/mol. The van der Waals surface area contributed by atoms with Crippen LogP contribution in [0.4, 0.5) is 0 Å². The van der Waals surface area contributed by atoms with E-state index >= 15 is 0 Å². The normalized spacial score (nSPS) is 28.2. The number of carbonyl (C=O) groups is 1. The van der Waals surface area contributed by atoms with E-state index in [0.717, 1.165) is 31.9 Å². The van der Waals surface area contributed by atoms with E-state index in [1.165, 1.54) is 19.3 Å². The first kappa shape index (κ1) is 19.2. The van der Waals surface area contributed by atoms with Crippen molar-refractivity contribution in [2.24, 2.45) is 13.0 Å². The molecule has 1 amide bonds. The highest BCUT2D eigenvalue weighted by Gasteiger charge is 2.29. The van der Waals surface area contributed by atoms with Gasteiger partial charge < -0.3 is 15.2 Å². The Balaban J connectivity index is 0.00000208. The highest BCUT2D eigenvalue weighted by atomic mass is 35.5. The van der Waals surface area contributed by atoms with Gasteiger partial charge in [0.2, 0.25) is 5.91 Å². The first-order chi connectivity index (χ1) is 11.1. The third-order valence-corrected chi connectivity index (χ3v) is 5.32. The van der Waals surface area contributed by atoms with Gasteiger partial charge in [0.25, 0.3) is 0 Å². The highest BCUT2D eigenvalue weighted by molar-refractivity contribution is 5.85. The van der Waals surface area contributed by atoms with E-state index in [9.17, 15) is 4.79 Å². The fraction of sp³-hybridized carbons (Fsp3) is 0.765. The molecule has 3 unspecified atom stereocenters. The van der Waals surface area contributed by atoms with Crippen molar-refractivity contribution in [1.29, 1.82) is 0 Å². The van der Waals surface area contributed by atoms with Crippen molar-refractivity contribution in [3.05, 3.63) is 18.2 Å². The quantitative estimate of drug-likeness (QED) is 0.858. The van der Waals surface area contributed by atoms with Crippen molar-refractivity contribution in [2.75, 3.05) is 26.2 Å². The second-order valence-electron chi connectivity index (χ2n) is 7.02. The molecule has 0 bridgehead atoms. The van der Waals surface area contributed by atoms with Crippen LogP contribution in [-0.2, 0) is 11.8 Å². The monoisotopic (exact) mass is 355 g/mol. The molecule has 0 radical (unpaired) electrons. The van der Waals surface area contributed by atoms with Gasteiger partial charge in [0.05, 0.1) is 12.6 Å². The van der Waals surface area contributed by atoms with Gasteiger partial charge in [-0.3, -0.25) is 9.69 Å². The second-order valence-corrected chi connectivity index (χ2v) is 7.02. The second kappa shape index (κ2) is 8.83. The van der Waals surface area contributed by atoms with Crippen molar-refractivity contribution >= 4 is 18.3 Å². The van der Waals surface area contributed by atoms with Gasteiger partial charge in [-0.15, -0.1) is 12.4 Å². The molecule has 7 heteroatoms. The number of nitrogens with zero attached hydrogens (tertiary/aromatic N) is 3. The number of hydrogen-bond acceptors (Lipinski definition) is 4. The molecule has 136 valence electrons. The van der Waals surface area contributed by atoms with Crippen LogP contribution in [0.5, 0.6) is 0 Å². The van der Waals surface area contributed by atoms with Gasteiger partial charge in [-0.05, 0) is 18.8 Å². The van der Waals surface area contributed by atoms with E-state index in [2.05, 4.69) is 27.4 Å². The van der Waals surface area contributed by atoms with E-state index in [1.54, 1.807) is 0 Å². The predicted octanol–water partition coefficient (Wildman–Crippen LogP) is 1.48. The van der Waals surface area contributed by atoms with Crippen LogP contribution in [-0.4, -0.2) is 52.6 Å². The lowest BCUT2D eigenvalue weighted by Crippen LogP contribution is -2.52. The average molecular weight is 356 g/mol. The smallest absolute Gasteiger partial charge is 0.234 e. The van der Waals surface area contributed by atoms with Crippen molar-refractivity contribution in [3.8, 4) is 0 Å².